The zero-order valence-corrected chi connectivity index (χ0v) is 13.9. The predicted octanol–water partition coefficient (Wildman–Crippen LogP) is 3.12. The number of rotatable bonds is 5. The number of ether oxygens (including phenoxy) is 1. The summed E-state index contributed by atoms with van der Waals surface area (Å²) in [6.07, 6.45) is 0. The van der Waals surface area contributed by atoms with Gasteiger partial charge in [-0.1, -0.05) is 23.7 Å². The molecule has 1 heterocycles. The average Bonchev–Trinajstić information content (AvgIpc) is 2.58. The molecule has 2 aromatic carbocycles. The van der Waals surface area contributed by atoms with Gasteiger partial charge in [-0.25, -0.2) is 0 Å². The van der Waals surface area contributed by atoms with Crippen molar-refractivity contribution in [2.75, 3.05) is 50.0 Å². The van der Waals surface area contributed by atoms with Gasteiger partial charge in [0.15, 0.2) is 0 Å². The molecule has 0 amide bonds. The second-order valence-electron chi connectivity index (χ2n) is 5.70. The van der Waals surface area contributed by atoms with Crippen molar-refractivity contribution >= 4 is 23.0 Å². The van der Waals surface area contributed by atoms with E-state index < -0.39 is 0 Å². The first kappa shape index (κ1) is 16.0. The minimum Gasteiger partial charge on any atom is -0.492 e. The lowest BCUT2D eigenvalue weighted by Crippen LogP contribution is -2.47. The van der Waals surface area contributed by atoms with E-state index in [1.54, 1.807) is 0 Å². The number of halogens is 1. The van der Waals surface area contributed by atoms with E-state index in [9.17, 15) is 0 Å². The van der Waals surface area contributed by atoms with Crippen molar-refractivity contribution < 1.29 is 4.74 Å². The lowest BCUT2D eigenvalue weighted by molar-refractivity contribution is 0.200. The normalized spacial score (nSPS) is 15.6. The van der Waals surface area contributed by atoms with Gasteiger partial charge in [0.05, 0.1) is 10.7 Å². The second-order valence-corrected chi connectivity index (χ2v) is 6.10. The van der Waals surface area contributed by atoms with Gasteiger partial charge in [0, 0.05) is 38.4 Å². The van der Waals surface area contributed by atoms with Crippen molar-refractivity contribution in [3.63, 3.8) is 0 Å². The molecule has 1 saturated heterocycles. The second kappa shape index (κ2) is 7.57. The van der Waals surface area contributed by atoms with Crippen molar-refractivity contribution in [3.05, 3.63) is 53.6 Å². The van der Waals surface area contributed by atoms with E-state index in [-0.39, 0.29) is 0 Å². The van der Waals surface area contributed by atoms with E-state index in [4.69, 9.17) is 22.1 Å². The third-order valence-corrected chi connectivity index (χ3v) is 4.44. The summed E-state index contributed by atoms with van der Waals surface area (Å²) in [6, 6.07) is 15.6. The van der Waals surface area contributed by atoms with Gasteiger partial charge in [-0.05, 0) is 36.4 Å². The molecule has 2 aromatic rings. The largest absolute Gasteiger partial charge is 0.492 e. The standard InChI is InChI=1S/C18H22ClN3O/c19-17-3-1-2-4-18(17)22-11-9-21(10-12-22)13-14-23-16-7-5-15(20)6-8-16/h1-8H,9-14,20H2. The van der Waals surface area contributed by atoms with E-state index in [1.165, 1.54) is 0 Å². The van der Waals surface area contributed by atoms with E-state index in [0.29, 0.717) is 6.61 Å². The van der Waals surface area contributed by atoms with Crippen molar-refractivity contribution in [1.29, 1.82) is 0 Å². The highest BCUT2D eigenvalue weighted by molar-refractivity contribution is 6.33. The van der Waals surface area contributed by atoms with Crippen LogP contribution in [0.15, 0.2) is 48.5 Å². The molecule has 0 atom stereocenters. The molecule has 1 aliphatic rings. The maximum atomic E-state index is 6.27. The van der Waals surface area contributed by atoms with Crippen LogP contribution in [0.1, 0.15) is 0 Å². The third kappa shape index (κ3) is 4.30. The van der Waals surface area contributed by atoms with Crippen molar-refractivity contribution in [1.82, 2.24) is 4.90 Å². The number of anilines is 2. The molecule has 0 spiro atoms. The molecule has 1 aliphatic heterocycles. The summed E-state index contributed by atoms with van der Waals surface area (Å²) in [5, 5.41) is 0.827. The Morgan fingerprint density at radius 3 is 2.35 bits per heavy atom. The summed E-state index contributed by atoms with van der Waals surface area (Å²) in [6.45, 7) is 5.65. The minimum atomic E-state index is 0.690. The van der Waals surface area contributed by atoms with Gasteiger partial charge in [0.2, 0.25) is 0 Å². The van der Waals surface area contributed by atoms with Crippen LogP contribution in [0, 0.1) is 0 Å². The first-order valence-corrected chi connectivity index (χ1v) is 8.30. The Hall–Kier alpha value is -1.91. The van der Waals surface area contributed by atoms with Crippen molar-refractivity contribution in [2.45, 2.75) is 0 Å². The molecule has 23 heavy (non-hydrogen) atoms. The topological polar surface area (TPSA) is 41.7 Å². The monoisotopic (exact) mass is 331 g/mol. The quantitative estimate of drug-likeness (QED) is 0.855. The number of nitrogen functional groups attached to an aromatic ring is 1. The molecular weight excluding hydrogens is 310 g/mol. The lowest BCUT2D eigenvalue weighted by atomic mass is 10.2. The van der Waals surface area contributed by atoms with E-state index >= 15 is 0 Å². The number of hydrogen-bond donors (Lipinski definition) is 1. The Bertz CT molecular complexity index is 624. The Morgan fingerprint density at radius 2 is 1.65 bits per heavy atom. The summed E-state index contributed by atoms with van der Waals surface area (Å²) < 4.78 is 5.76. The molecule has 3 rings (SSSR count). The summed E-state index contributed by atoms with van der Waals surface area (Å²) in [5.74, 6) is 0.869. The van der Waals surface area contributed by atoms with Crippen LogP contribution in [0.5, 0.6) is 5.75 Å². The third-order valence-electron chi connectivity index (χ3n) is 4.12. The fraction of sp³-hybridized carbons (Fsp3) is 0.333. The van der Waals surface area contributed by atoms with Crippen molar-refractivity contribution in [2.24, 2.45) is 0 Å². The minimum absolute atomic E-state index is 0.690. The number of nitrogens with zero attached hydrogens (tertiary/aromatic N) is 2. The fourth-order valence-corrected chi connectivity index (χ4v) is 3.03. The number of piperazine rings is 1. The van der Waals surface area contributed by atoms with Crippen LogP contribution in [0.4, 0.5) is 11.4 Å². The predicted molar refractivity (Wildman–Crippen MR) is 96.5 cm³/mol. The van der Waals surface area contributed by atoms with Crippen LogP contribution in [0.3, 0.4) is 0 Å². The summed E-state index contributed by atoms with van der Waals surface area (Å²) in [5.41, 5.74) is 7.55. The molecule has 122 valence electrons. The van der Waals surface area contributed by atoms with E-state index in [0.717, 1.165) is 54.9 Å². The summed E-state index contributed by atoms with van der Waals surface area (Å²) >= 11 is 6.27. The SMILES string of the molecule is Nc1ccc(OCCN2CCN(c3ccccc3Cl)CC2)cc1. The maximum Gasteiger partial charge on any atom is 0.119 e. The molecule has 5 heteroatoms. The maximum absolute atomic E-state index is 6.27. The average molecular weight is 332 g/mol. The zero-order valence-electron chi connectivity index (χ0n) is 13.1. The van der Waals surface area contributed by atoms with Crippen LogP contribution in [-0.4, -0.2) is 44.2 Å². The van der Waals surface area contributed by atoms with Gasteiger partial charge >= 0.3 is 0 Å². The Balaban J connectivity index is 1.43. The molecule has 0 bridgehead atoms. The zero-order chi connectivity index (χ0) is 16.1. The van der Waals surface area contributed by atoms with Gasteiger partial charge in [-0.3, -0.25) is 4.90 Å². The number of benzene rings is 2. The van der Waals surface area contributed by atoms with Gasteiger partial charge in [-0.2, -0.15) is 0 Å². The van der Waals surface area contributed by atoms with Crippen LogP contribution in [0.25, 0.3) is 0 Å². The number of hydrogen-bond acceptors (Lipinski definition) is 4. The first-order chi connectivity index (χ1) is 11.2. The summed E-state index contributed by atoms with van der Waals surface area (Å²) in [4.78, 5) is 4.77. The van der Waals surface area contributed by atoms with Crippen molar-refractivity contribution in [3.8, 4) is 5.75 Å². The van der Waals surface area contributed by atoms with E-state index in [2.05, 4.69) is 15.9 Å². The highest BCUT2D eigenvalue weighted by Gasteiger charge is 2.18. The molecule has 1 fully saturated rings. The van der Waals surface area contributed by atoms with Gasteiger partial charge in [0.1, 0.15) is 12.4 Å². The van der Waals surface area contributed by atoms with Gasteiger partial charge < -0.3 is 15.4 Å². The molecule has 0 unspecified atom stereocenters. The fourth-order valence-electron chi connectivity index (χ4n) is 2.78. The van der Waals surface area contributed by atoms with Gasteiger partial charge in [-0.15, -0.1) is 0 Å². The Labute approximate surface area is 142 Å². The number of para-hydroxylation sites is 1. The highest BCUT2D eigenvalue weighted by Crippen LogP contribution is 2.25. The highest BCUT2D eigenvalue weighted by atomic mass is 35.5. The van der Waals surface area contributed by atoms with Crippen LogP contribution < -0.4 is 15.4 Å². The molecule has 0 radical (unpaired) electrons. The molecule has 0 aromatic heterocycles. The molecular formula is C18H22ClN3O. The van der Waals surface area contributed by atoms with Crippen LogP contribution in [0.2, 0.25) is 5.02 Å². The molecule has 2 N–H and O–H groups in total. The van der Waals surface area contributed by atoms with Crippen LogP contribution >= 0.6 is 11.6 Å². The Morgan fingerprint density at radius 1 is 0.957 bits per heavy atom. The van der Waals surface area contributed by atoms with Crippen LogP contribution in [-0.2, 0) is 0 Å². The molecule has 4 nitrogen and oxygen atoms in total. The molecule has 0 aliphatic carbocycles. The number of nitrogens with two attached hydrogens (primary N) is 1. The first-order valence-electron chi connectivity index (χ1n) is 7.92. The lowest BCUT2D eigenvalue weighted by Gasteiger charge is -2.36. The smallest absolute Gasteiger partial charge is 0.119 e. The molecule has 0 saturated carbocycles. The van der Waals surface area contributed by atoms with Gasteiger partial charge in [0.25, 0.3) is 0 Å². The van der Waals surface area contributed by atoms with E-state index in [1.807, 2.05) is 42.5 Å². The summed E-state index contributed by atoms with van der Waals surface area (Å²) in [7, 11) is 0. The Kier molecular flexibility index (Phi) is 5.26.